The van der Waals surface area contributed by atoms with Crippen LogP contribution in [0, 0.1) is 6.92 Å². The van der Waals surface area contributed by atoms with Crippen LogP contribution in [0.4, 0.5) is 0 Å². The minimum Gasteiger partial charge on any atom is -0.355 e. The maximum absolute atomic E-state index is 10.2. The van der Waals surface area contributed by atoms with Gasteiger partial charge in [-0.15, -0.1) is 0 Å². The molecular formula is C6H10O3. The van der Waals surface area contributed by atoms with Gasteiger partial charge in [0.15, 0.2) is 6.29 Å². The number of carbonyl (C=O) groups is 1. The molecule has 0 spiro atoms. The molecule has 0 saturated heterocycles. The van der Waals surface area contributed by atoms with E-state index in [1.165, 1.54) is 14.2 Å². The number of ketones is 1. The monoisotopic (exact) mass is 130 g/mol. The summed E-state index contributed by atoms with van der Waals surface area (Å²) < 4.78 is 9.37. The van der Waals surface area contributed by atoms with E-state index in [1.54, 1.807) is 0 Å². The average Bonchev–Trinajstić information content (AvgIpc) is 1.82. The molecule has 0 unspecified atom stereocenters. The number of Topliss-reactive ketones (excluding diaryl/α,β-unsaturated/α-hetero) is 1. The Morgan fingerprint density at radius 2 is 2.00 bits per heavy atom. The van der Waals surface area contributed by atoms with Crippen molar-refractivity contribution >= 4 is 5.78 Å². The van der Waals surface area contributed by atoms with Gasteiger partial charge in [-0.2, -0.15) is 0 Å². The third-order valence-corrected chi connectivity index (χ3v) is 0.894. The summed E-state index contributed by atoms with van der Waals surface area (Å²) in [5.41, 5.74) is 0. The van der Waals surface area contributed by atoms with Gasteiger partial charge in [0, 0.05) is 21.1 Å². The zero-order chi connectivity index (χ0) is 7.28. The summed E-state index contributed by atoms with van der Waals surface area (Å²) in [6.07, 6.45) is -0.394. The maximum Gasteiger partial charge on any atom is 0.163 e. The third kappa shape index (κ3) is 4.12. The molecule has 0 aliphatic rings. The minimum atomic E-state index is -0.498. The Morgan fingerprint density at radius 3 is 2.11 bits per heavy atom. The molecule has 0 atom stereocenters. The number of rotatable bonds is 4. The number of ether oxygens (including phenoxy) is 2. The highest BCUT2D eigenvalue weighted by molar-refractivity contribution is 5.82. The lowest BCUT2D eigenvalue weighted by atomic mass is 10.3. The first-order chi connectivity index (χ1) is 4.20. The third-order valence-electron chi connectivity index (χ3n) is 0.894. The van der Waals surface area contributed by atoms with E-state index in [-0.39, 0.29) is 6.42 Å². The van der Waals surface area contributed by atoms with Crippen LogP contribution >= 0.6 is 0 Å². The van der Waals surface area contributed by atoms with Gasteiger partial charge in [0.1, 0.15) is 5.78 Å². The molecule has 9 heavy (non-hydrogen) atoms. The second-order valence-corrected chi connectivity index (χ2v) is 1.57. The van der Waals surface area contributed by atoms with Crippen LogP contribution in [-0.4, -0.2) is 26.3 Å². The van der Waals surface area contributed by atoms with Crippen LogP contribution in [0.1, 0.15) is 6.42 Å². The highest BCUT2D eigenvalue weighted by Gasteiger charge is 2.06. The standard InChI is InChI=1S/C6H10O3/c1-5(7)4-6(8-2)9-3/h1,6H,4H2,2-3H3. The second kappa shape index (κ2) is 4.47. The van der Waals surface area contributed by atoms with Crippen LogP contribution in [0.25, 0.3) is 0 Å². The fourth-order valence-electron chi connectivity index (χ4n) is 0.427. The van der Waals surface area contributed by atoms with Crippen molar-refractivity contribution in [2.45, 2.75) is 12.7 Å². The zero-order valence-corrected chi connectivity index (χ0v) is 5.59. The SMILES string of the molecule is [CH]C(=O)CC(OC)OC. The van der Waals surface area contributed by atoms with Gasteiger partial charge in [-0.05, 0) is 0 Å². The fraction of sp³-hybridized carbons (Fsp3) is 0.667. The Morgan fingerprint density at radius 1 is 1.56 bits per heavy atom. The first kappa shape index (κ1) is 8.59. The summed E-state index contributed by atoms with van der Waals surface area (Å²) in [6, 6.07) is 0. The lowest BCUT2D eigenvalue weighted by Gasteiger charge is -2.09. The van der Waals surface area contributed by atoms with Gasteiger partial charge in [0.2, 0.25) is 0 Å². The average molecular weight is 130 g/mol. The van der Waals surface area contributed by atoms with Crippen molar-refractivity contribution in [2.75, 3.05) is 14.2 Å². The van der Waals surface area contributed by atoms with Crippen LogP contribution in [0.5, 0.6) is 0 Å². The topological polar surface area (TPSA) is 35.5 Å². The molecular weight excluding hydrogens is 120 g/mol. The van der Waals surface area contributed by atoms with Crippen molar-refractivity contribution in [1.82, 2.24) is 0 Å². The summed E-state index contributed by atoms with van der Waals surface area (Å²) in [5.74, 6) is -0.427. The molecule has 0 saturated carbocycles. The second-order valence-electron chi connectivity index (χ2n) is 1.57. The molecule has 0 aliphatic carbocycles. The lowest BCUT2D eigenvalue weighted by molar-refractivity contribution is -0.133. The normalized spacial score (nSPS) is 10.2. The van der Waals surface area contributed by atoms with E-state index in [4.69, 9.17) is 6.92 Å². The van der Waals surface area contributed by atoms with E-state index in [0.29, 0.717) is 0 Å². The van der Waals surface area contributed by atoms with E-state index in [2.05, 4.69) is 9.47 Å². The molecule has 0 amide bonds. The first-order valence-electron chi connectivity index (χ1n) is 2.54. The summed E-state index contributed by atoms with van der Waals surface area (Å²) in [5, 5.41) is 0. The molecule has 0 rings (SSSR count). The predicted octanol–water partition coefficient (Wildman–Crippen LogP) is 0.276. The number of methoxy groups -OCH3 is 2. The zero-order valence-electron chi connectivity index (χ0n) is 5.59. The van der Waals surface area contributed by atoms with Crippen molar-refractivity contribution in [3.05, 3.63) is 6.92 Å². The van der Waals surface area contributed by atoms with Gasteiger partial charge in [-0.1, -0.05) is 0 Å². The molecule has 0 aliphatic heterocycles. The van der Waals surface area contributed by atoms with Crippen molar-refractivity contribution in [3.63, 3.8) is 0 Å². The Balaban J connectivity index is 3.43. The van der Waals surface area contributed by atoms with Crippen molar-refractivity contribution in [1.29, 1.82) is 0 Å². The molecule has 0 bridgehead atoms. The molecule has 3 heteroatoms. The largest absolute Gasteiger partial charge is 0.355 e. The Labute approximate surface area is 55.0 Å². The van der Waals surface area contributed by atoms with Crippen molar-refractivity contribution in [2.24, 2.45) is 0 Å². The molecule has 52 valence electrons. The van der Waals surface area contributed by atoms with Gasteiger partial charge in [-0.25, -0.2) is 0 Å². The number of hydrogen-bond acceptors (Lipinski definition) is 3. The van der Waals surface area contributed by atoms with Gasteiger partial charge in [0.25, 0.3) is 0 Å². The van der Waals surface area contributed by atoms with Gasteiger partial charge in [-0.3, -0.25) is 4.79 Å². The first-order valence-corrected chi connectivity index (χ1v) is 2.54. The molecule has 0 aromatic heterocycles. The molecule has 2 radical (unpaired) electrons. The van der Waals surface area contributed by atoms with Crippen molar-refractivity contribution < 1.29 is 14.3 Å². The van der Waals surface area contributed by atoms with Gasteiger partial charge < -0.3 is 9.47 Å². The highest BCUT2D eigenvalue weighted by atomic mass is 16.7. The van der Waals surface area contributed by atoms with Crippen molar-refractivity contribution in [3.8, 4) is 0 Å². The van der Waals surface area contributed by atoms with Gasteiger partial charge >= 0.3 is 0 Å². The summed E-state index contributed by atoms with van der Waals surface area (Å²) in [4.78, 5) is 10.2. The van der Waals surface area contributed by atoms with E-state index in [9.17, 15) is 4.79 Å². The van der Waals surface area contributed by atoms with Crippen LogP contribution < -0.4 is 0 Å². The minimum absolute atomic E-state index is 0.104. The van der Waals surface area contributed by atoms with E-state index >= 15 is 0 Å². The quantitative estimate of drug-likeness (QED) is 0.512. The van der Waals surface area contributed by atoms with E-state index in [1.807, 2.05) is 0 Å². The highest BCUT2D eigenvalue weighted by Crippen LogP contribution is 1.96. The summed E-state index contributed by atoms with van der Waals surface area (Å²) in [7, 11) is 2.91. The predicted molar refractivity (Wildman–Crippen MR) is 31.7 cm³/mol. The maximum atomic E-state index is 10.2. The Bertz CT molecular complexity index is 86.3. The summed E-state index contributed by atoms with van der Waals surface area (Å²) in [6.45, 7) is 4.85. The van der Waals surface area contributed by atoms with E-state index in [0.717, 1.165) is 0 Å². The van der Waals surface area contributed by atoms with Crippen LogP contribution in [-0.2, 0) is 14.3 Å². The Hall–Kier alpha value is -0.410. The molecule has 0 fully saturated rings. The smallest absolute Gasteiger partial charge is 0.163 e. The molecule has 0 N–H and O–H groups in total. The molecule has 0 aromatic carbocycles. The Kier molecular flexibility index (Phi) is 4.26. The number of carbonyl (C=O) groups excluding carboxylic acids is 1. The van der Waals surface area contributed by atoms with Crippen LogP contribution in [0.2, 0.25) is 0 Å². The molecule has 0 aromatic rings. The number of hydrogen-bond donors (Lipinski definition) is 0. The molecule has 3 nitrogen and oxygen atoms in total. The fourth-order valence-corrected chi connectivity index (χ4v) is 0.427. The van der Waals surface area contributed by atoms with E-state index < -0.39 is 12.1 Å². The lowest BCUT2D eigenvalue weighted by Crippen LogP contribution is -2.16. The van der Waals surface area contributed by atoms with Gasteiger partial charge in [0.05, 0.1) is 6.42 Å². The summed E-state index contributed by atoms with van der Waals surface area (Å²) >= 11 is 0. The van der Waals surface area contributed by atoms with Crippen LogP contribution in [0.3, 0.4) is 0 Å². The van der Waals surface area contributed by atoms with Crippen LogP contribution in [0.15, 0.2) is 0 Å². The molecule has 0 heterocycles.